The second kappa shape index (κ2) is 6.12. The minimum absolute atomic E-state index is 0.0126. The first-order chi connectivity index (χ1) is 11.0. The van der Waals surface area contributed by atoms with Crippen LogP contribution in [0.15, 0.2) is 35.6 Å². The van der Waals surface area contributed by atoms with Crippen molar-refractivity contribution in [2.24, 2.45) is 0 Å². The lowest BCUT2D eigenvalue weighted by Crippen LogP contribution is -2.37. The van der Waals surface area contributed by atoms with E-state index in [1.807, 2.05) is 0 Å². The van der Waals surface area contributed by atoms with Gasteiger partial charge in [-0.1, -0.05) is 12.1 Å². The first kappa shape index (κ1) is 15.7. The fraction of sp³-hybridized carbons (Fsp3) is 0.412. The molecule has 0 spiro atoms. The number of halogens is 1. The molecule has 0 saturated carbocycles. The molecule has 1 N–H and O–H groups in total. The molecule has 2 heterocycles. The second-order valence-corrected chi connectivity index (χ2v) is 5.87. The predicted molar refractivity (Wildman–Crippen MR) is 80.2 cm³/mol. The highest BCUT2D eigenvalue weighted by atomic mass is 19.1. The van der Waals surface area contributed by atoms with Crippen LogP contribution < -0.4 is 0 Å². The Hall–Kier alpha value is -2.21. The number of hydrogen-bond acceptors (Lipinski definition) is 4. The Kier molecular flexibility index (Phi) is 4.17. The number of carbonyl (C=O) groups excluding carboxylic acids is 2. The van der Waals surface area contributed by atoms with Gasteiger partial charge in [0.25, 0.3) is 5.91 Å². The van der Waals surface area contributed by atoms with Crippen molar-refractivity contribution in [2.45, 2.75) is 31.9 Å². The molecule has 2 aliphatic heterocycles. The number of benzene rings is 1. The van der Waals surface area contributed by atoms with Crippen LogP contribution >= 0.6 is 0 Å². The molecule has 23 heavy (non-hydrogen) atoms. The molecule has 0 unspecified atom stereocenters. The fourth-order valence-electron chi connectivity index (χ4n) is 3.23. The summed E-state index contributed by atoms with van der Waals surface area (Å²) in [7, 11) is 0. The van der Waals surface area contributed by atoms with Gasteiger partial charge in [0.1, 0.15) is 5.82 Å². The van der Waals surface area contributed by atoms with Gasteiger partial charge in [-0.25, -0.2) is 4.39 Å². The van der Waals surface area contributed by atoms with E-state index in [9.17, 15) is 19.1 Å². The van der Waals surface area contributed by atoms with Crippen LogP contribution in [0.25, 0.3) is 0 Å². The van der Waals surface area contributed by atoms with E-state index >= 15 is 0 Å². The Bertz CT molecular complexity index is 679. The van der Waals surface area contributed by atoms with Crippen molar-refractivity contribution in [1.82, 2.24) is 4.90 Å². The molecule has 1 amide bonds. The average Bonchev–Trinajstić information content (AvgIpc) is 3.09. The summed E-state index contributed by atoms with van der Waals surface area (Å²) in [5.41, 5.74) is 0.476. The summed E-state index contributed by atoms with van der Waals surface area (Å²) in [6.07, 6.45) is 1.60. The third-order valence-corrected chi connectivity index (χ3v) is 4.27. The molecule has 1 saturated heterocycles. The van der Waals surface area contributed by atoms with Gasteiger partial charge in [-0.15, -0.1) is 0 Å². The van der Waals surface area contributed by atoms with Crippen LogP contribution in [-0.2, 0) is 14.3 Å². The molecule has 122 valence electrons. The lowest BCUT2D eigenvalue weighted by Gasteiger charge is -2.28. The minimum atomic E-state index is -0.778. The van der Waals surface area contributed by atoms with Gasteiger partial charge in [0.15, 0.2) is 11.5 Å². The summed E-state index contributed by atoms with van der Waals surface area (Å²) in [4.78, 5) is 25.7. The second-order valence-electron chi connectivity index (χ2n) is 5.87. The van der Waals surface area contributed by atoms with Gasteiger partial charge < -0.3 is 14.7 Å². The highest BCUT2D eigenvalue weighted by Crippen LogP contribution is 2.38. The Labute approximate surface area is 133 Å². The summed E-state index contributed by atoms with van der Waals surface area (Å²) in [5, 5.41) is 10.1. The predicted octanol–water partition coefficient (Wildman–Crippen LogP) is 2.29. The molecule has 6 heteroatoms. The molecule has 1 fully saturated rings. The average molecular weight is 319 g/mol. The Balaban J connectivity index is 2.00. The van der Waals surface area contributed by atoms with E-state index in [4.69, 9.17) is 4.74 Å². The molecule has 3 rings (SSSR count). The van der Waals surface area contributed by atoms with Crippen molar-refractivity contribution in [3.8, 4) is 0 Å². The van der Waals surface area contributed by atoms with Crippen molar-refractivity contribution in [1.29, 1.82) is 0 Å². The molecule has 5 nitrogen and oxygen atoms in total. The molecule has 1 aromatic carbocycles. The summed E-state index contributed by atoms with van der Waals surface area (Å²) >= 11 is 0. The molecular weight excluding hydrogens is 301 g/mol. The number of aliphatic hydroxyl groups excluding tert-OH is 1. The quantitative estimate of drug-likeness (QED) is 0.924. The van der Waals surface area contributed by atoms with Gasteiger partial charge in [0, 0.05) is 13.2 Å². The molecule has 0 aliphatic carbocycles. The van der Waals surface area contributed by atoms with Crippen molar-refractivity contribution in [3.05, 3.63) is 47.0 Å². The molecule has 1 aromatic rings. The molecule has 0 aromatic heterocycles. The van der Waals surface area contributed by atoms with Gasteiger partial charge in [-0.05, 0) is 37.5 Å². The van der Waals surface area contributed by atoms with Crippen LogP contribution in [0.3, 0.4) is 0 Å². The normalized spacial score (nSPS) is 24.6. The van der Waals surface area contributed by atoms with E-state index in [0.717, 1.165) is 12.8 Å². The van der Waals surface area contributed by atoms with Gasteiger partial charge in [0.2, 0.25) is 0 Å². The Morgan fingerprint density at radius 2 is 2.26 bits per heavy atom. The van der Waals surface area contributed by atoms with Gasteiger partial charge >= 0.3 is 0 Å². The number of aliphatic hydroxyl groups is 1. The molecule has 0 radical (unpaired) electrons. The Morgan fingerprint density at radius 3 is 2.87 bits per heavy atom. The van der Waals surface area contributed by atoms with E-state index < -0.39 is 29.3 Å². The number of Topliss-reactive ketones (excluding diaryl/α,β-unsaturated/α-hetero) is 1. The standard InChI is InChI=1S/C17H18FNO4/c1-10(20)14-15(11-4-2-5-12(18)8-11)19(17(22)16(14)21)9-13-6-3-7-23-13/h2,4-5,8,13,15,21H,3,6-7,9H2,1H3/t13-,15-/m1/s1. The number of ether oxygens (including phenoxy) is 1. The van der Waals surface area contributed by atoms with Crippen molar-refractivity contribution in [2.75, 3.05) is 13.2 Å². The summed E-state index contributed by atoms with van der Waals surface area (Å²) < 4.78 is 19.1. The van der Waals surface area contributed by atoms with E-state index in [2.05, 4.69) is 0 Å². The van der Waals surface area contributed by atoms with Crippen molar-refractivity contribution in [3.63, 3.8) is 0 Å². The Morgan fingerprint density at radius 1 is 1.48 bits per heavy atom. The van der Waals surface area contributed by atoms with Crippen LogP contribution in [0.5, 0.6) is 0 Å². The van der Waals surface area contributed by atoms with E-state index in [1.54, 1.807) is 6.07 Å². The molecular formula is C17H18FNO4. The highest BCUT2D eigenvalue weighted by molar-refractivity contribution is 6.08. The maximum atomic E-state index is 13.6. The first-order valence-corrected chi connectivity index (χ1v) is 7.61. The fourth-order valence-corrected chi connectivity index (χ4v) is 3.23. The number of amides is 1. The maximum Gasteiger partial charge on any atom is 0.290 e. The maximum absolute atomic E-state index is 13.6. The third-order valence-electron chi connectivity index (χ3n) is 4.27. The van der Waals surface area contributed by atoms with Gasteiger partial charge in [-0.2, -0.15) is 0 Å². The lowest BCUT2D eigenvalue weighted by atomic mass is 9.96. The van der Waals surface area contributed by atoms with Crippen LogP contribution in [0, 0.1) is 5.82 Å². The number of ketones is 1. The number of rotatable bonds is 4. The lowest BCUT2D eigenvalue weighted by molar-refractivity contribution is -0.131. The summed E-state index contributed by atoms with van der Waals surface area (Å²) in [6.45, 7) is 2.19. The van der Waals surface area contributed by atoms with Gasteiger partial charge in [-0.3, -0.25) is 9.59 Å². The number of nitrogens with zero attached hydrogens (tertiary/aromatic N) is 1. The third kappa shape index (κ3) is 2.86. The molecule has 2 atom stereocenters. The van der Waals surface area contributed by atoms with Crippen LogP contribution in [0.2, 0.25) is 0 Å². The molecule has 0 bridgehead atoms. The first-order valence-electron chi connectivity index (χ1n) is 7.61. The number of hydrogen-bond donors (Lipinski definition) is 1. The topological polar surface area (TPSA) is 66.8 Å². The zero-order chi connectivity index (χ0) is 16.6. The monoisotopic (exact) mass is 319 g/mol. The van der Waals surface area contributed by atoms with Crippen LogP contribution in [0.4, 0.5) is 4.39 Å². The smallest absolute Gasteiger partial charge is 0.290 e. The number of carbonyl (C=O) groups is 2. The largest absolute Gasteiger partial charge is 0.503 e. The van der Waals surface area contributed by atoms with Crippen molar-refractivity contribution >= 4 is 11.7 Å². The van der Waals surface area contributed by atoms with Crippen LogP contribution in [-0.4, -0.2) is 41.0 Å². The minimum Gasteiger partial charge on any atom is -0.503 e. The van der Waals surface area contributed by atoms with Crippen molar-refractivity contribution < 1.29 is 23.8 Å². The van der Waals surface area contributed by atoms with Gasteiger partial charge in [0.05, 0.1) is 17.7 Å². The highest BCUT2D eigenvalue weighted by Gasteiger charge is 2.43. The SMILES string of the molecule is CC(=O)C1=C(O)C(=O)N(C[C@H]2CCCO2)[C@@H]1c1cccc(F)c1. The zero-order valence-electron chi connectivity index (χ0n) is 12.8. The summed E-state index contributed by atoms with van der Waals surface area (Å²) in [5.74, 6) is -2.02. The zero-order valence-corrected chi connectivity index (χ0v) is 12.8. The van der Waals surface area contributed by atoms with E-state index in [0.29, 0.717) is 12.2 Å². The van der Waals surface area contributed by atoms with E-state index in [1.165, 1.54) is 30.0 Å². The summed E-state index contributed by atoms with van der Waals surface area (Å²) in [6, 6.07) is 4.96. The van der Waals surface area contributed by atoms with E-state index in [-0.39, 0.29) is 18.2 Å². The molecule has 2 aliphatic rings. The van der Waals surface area contributed by atoms with Crippen LogP contribution in [0.1, 0.15) is 31.4 Å².